The van der Waals surface area contributed by atoms with E-state index >= 15 is 0 Å². The third kappa shape index (κ3) is 1.94. The first-order valence-electron chi connectivity index (χ1n) is 3.15. The van der Waals surface area contributed by atoms with Gasteiger partial charge in [0.15, 0.2) is 0 Å². The van der Waals surface area contributed by atoms with Crippen LogP contribution in [0.3, 0.4) is 0 Å². The van der Waals surface area contributed by atoms with Crippen molar-refractivity contribution in [1.82, 2.24) is 0 Å². The molecule has 1 N–H and O–H groups in total. The third-order valence-electron chi connectivity index (χ3n) is 1.37. The molecule has 0 saturated heterocycles. The maximum atomic E-state index is 10.3. The van der Waals surface area contributed by atoms with E-state index in [4.69, 9.17) is 5.11 Å². The van der Waals surface area contributed by atoms with E-state index in [1.807, 2.05) is 0 Å². The number of phenolic OH excluding ortho intramolecular Hbond substituents is 1. The Hall–Kier alpha value is -2.18. The second-order valence-electron chi connectivity index (χ2n) is 2.16. The van der Waals surface area contributed by atoms with E-state index in [1.54, 1.807) is 0 Å². The van der Waals surface area contributed by atoms with Gasteiger partial charge in [0.05, 0.1) is 9.85 Å². The van der Waals surface area contributed by atoms with Crippen LogP contribution in [0.15, 0.2) is 18.2 Å². The minimum absolute atomic E-state index is 0. The zero-order chi connectivity index (χ0) is 10.0. The van der Waals surface area contributed by atoms with E-state index in [9.17, 15) is 20.2 Å². The molecule has 0 spiro atoms. The van der Waals surface area contributed by atoms with Gasteiger partial charge in [-0.3, -0.25) is 20.2 Å². The van der Waals surface area contributed by atoms with Gasteiger partial charge in [0.25, 0.3) is 0 Å². The summed E-state index contributed by atoms with van der Waals surface area (Å²) in [6.07, 6.45) is 0. The van der Waals surface area contributed by atoms with E-state index in [2.05, 4.69) is 0 Å². The fraction of sp³-hybridized carbons (Fsp3) is 0.143. The predicted octanol–water partition coefficient (Wildman–Crippen LogP) is 1.84. The summed E-state index contributed by atoms with van der Waals surface area (Å²) in [6.45, 7) is 0. The number of aromatic hydroxyl groups is 1. The SMILES string of the molecule is C.O=[N+]([O-])c1cccc(O)c1[N+](=O)[O-]. The van der Waals surface area contributed by atoms with Crippen molar-refractivity contribution in [3.8, 4) is 5.75 Å². The summed E-state index contributed by atoms with van der Waals surface area (Å²) in [4.78, 5) is 18.6. The van der Waals surface area contributed by atoms with Gasteiger partial charge in [-0.2, -0.15) is 0 Å². The number of hydrogen-bond acceptors (Lipinski definition) is 5. The first-order chi connectivity index (χ1) is 6.04. The Morgan fingerprint density at radius 1 is 1.14 bits per heavy atom. The number of hydrogen-bond donors (Lipinski definition) is 1. The molecular formula is C7H8N2O5. The summed E-state index contributed by atoms with van der Waals surface area (Å²) in [5.74, 6) is -0.709. The molecule has 0 aliphatic heterocycles. The monoisotopic (exact) mass is 200 g/mol. The Kier molecular flexibility index (Phi) is 3.52. The van der Waals surface area contributed by atoms with Crippen molar-refractivity contribution in [2.45, 2.75) is 7.43 Å². The van der Waals surface area contributed by atoms with Gasteiger partial charge in [-0.1, -0.05) is 13.5 Å². The Balaban J connectivity index is 0.00000169. The van der Waals surface area contributed by atoms with Gasteiger partial charge < -0.3 is 5.11 Å². The molecular weight excluding hydrogens is 192 g/mol. The molecule has 1 aromatic rings. The van der Waals surface area contributed by atoms with E-state index in [0.29, 0.717) is 0 Å². The smallest absolute Gasteiger partial charge is 0.387 e. The molecule has 0 fully saturated rings. The highest BCUT2D eigenvalue weighted by atomic mass is 16.6. The predicted molar refractivity (Wildman–Crippen MR) is 48.1 cm³/mol. The molecule has 7 heteroatoms. The van der Waals surface area contributed by atoms with E-state index < -0.39 is 27.0 Å². The number of nitro benzene ring substituents is 2. The van der Waals surface area contributed by atoms with Crippen LogP contribution in [0.1, 0.15) is 7.43 Å². The number of nitro groups is 2. The topological polar surface area (TPSA) is 107 Å². The first-order valence-corrected chi connectivity index (χ1v) is 3.15. The zero-order valence-electron chi connectivity index (χ0n) is 6.21. The summed E-state index contributed by atoms with van der Waals surface area (Å²) >= 11 is 0. The van der Waals surface area contributed by atoms with Crippen LogP contribution in [-0.2, 0) is 0 Å². The second kappa shape index (κ2) is 4.17. The van der Waals surface area contributed by atoms with E-state index in [1.165, 1.54) is 6.07 Å². The molecule has 0 aromatic heterocycles. The number of phenols is 1. The van der Waals surface area contributed by atoms with Gasteiger partial charge in [0, 0.05) is 6.07 Å². The molecule has 0 unspecified atom stereocenters. The van der Waals surface area contributed by atoms with Crippen LogP contribution in [-0.4, -0.2) is 15.0 Å². The number of benzene rings is 1. The Labute approximate surface area is 78.9 Å². The highest BCUT2D eigenvalue weighted by molar-refractivity contribution is 5.60. The van der Waals surface area contributed by atoms with Crippen LogP contribution in [0, 0.1) is 20.2 Å². The normalized spacial score (nSPS) is 8.86. The van der Waals surface area contributed by atoms with Gasteiger partial charge in [0.2, 0.25) is 5.75 Å². The Morgan fingerprint density at radius 3 is 2.07 bits per heavy atom. The lowest BCUT2D eigenvalue weighted by Crippen LogP contribution is -1.96. The third-order valence-corrected chi connectivity index (χ3v) is 1.37. The van der Waals surface area contributed by atoms with Crippen molar-refractivity contribution < 1.29 is 15.0 Å². The quantitative estimate of drug-likeness (QED) is 0.578. The van der Waals surface area contributed by atoms with Crippen LogP contribution in [0.2, 0.25) is 0 Å². The molecule has 7 nitrogen and oxygen atoms in total. The van der Waals surface area contributed by atoms with Crippen molar-refractivity contribution in [2.75, 3.05) is 0 Å². The molecule has 0 saturated carbocycles. The van der Waals surface area contributed by atoms with Crippen molar-refractivity contribution in [3.63, 3.8) is 0 Å². The van der Waals surface area contributed by atoms with Crippen LogP contribution < -0.4 is 0 Å². The molecule has 0 atom stereocenters. The van der Waals surface area contributed by atoms with Gasteiger partial charge >= 0.3 is 11.4 Å². The molecule has 0 heterocycles. The Morgan fingerprint density at radius 2 is 1.71 bits per heavy atom. The molecule has 14 heavy (non-hydrogen) atoms. The van der Waals surface area contributed by atoms with Crippen molar-refractivity contribution in [3.05, 3.63) is 38.4 Å². The summed E-state index contributed by atoms with van der Waals surface area (Å²) < 4.78 is 0. The molecule has 0 aliphatic rings. The first kappa shape index (κ1) is 11.8. The zero-order valence-corrected chi connectivity index (χ0v) is 6.21. The minimum atomic E-state index is -0.993. The maximum Gasteiger partial charge on any atom is 0.387 e. The standard InChI is InChI=1S/C6H4N2O5.CH4/c9-5-3-1-2-4(7(10)11)6(5)8(12)13;/h1-3,9H;1H4. The summed E-state index contributed by atoms with van der Waals surface area (Å²) in [5, 5.41) is 29.5. The van der Waals surface area contributed by atoms with Crippen LogP contribution in [0.25, 0.3) is 0 Å². The second-order valence-corrected chi connectivity index (χ2v) is 2.16. The lowest BCUT2D eigenvalue weighted by molar-refractivity contribution is -0.423. The van der Waals surface area contributed by atoms with Gasteiger partial charge in [-0.15, -0.1) is 0 Å². The van der Waals surface area contributed by atoms with E-state index in [0.717, 1.165) is 12.1 Å². The van der Waals surface area contributed by atoms with Crippen LogP contribution >= 0.6 is 0 Å². The number of para-hydroxylation sites is 1. The van der Waals surface area contributed by atoms with Crippen molar-refractivity contribution >= 4 is 11.4 Å². The lowest BCUT2D eigenvalue weighted by atomic mass is 10.2. The summed E-state index contributed by atoms with van der Waals surface area (Å²) in [7, 11) is 0. The molecule has 0 bridgehead atoms. The van der Waals surface area contributed by atoms with Gasteiger partial charge in [-0.05, 0) is 6.07 Å². The average molecular weight is 200 g/mol. The molecule has 0 radical (unpaired) electrons. The molecule has 1 rings (SSSR count). The minimum Gasteiger partial charge on any atom is -0.502 e. The summed E-state index contributed by atoms with van der Waals surface area (Å²) in [6, 6.07) is 3.14. The Bertz CT molecular complexity index is 376. The number of rotatable bonds is 2. The van der Waals surface area contributed by atoms with Crippen molar-refractivity contribution in [2.24, 2.45) is 0 Å². The maximum absolute atomic E-state index is 10.3. The molecule has 1 aromatic carbocycles. The van der Waals surface area contributed by atoms with Crippen molar-refractivity contribution in [1.29, 1.82) is 0 Å². The highest BCUT2D eigenvalue weighted by Crippen LogP contribution is 2.34. The van der Waals surface area contributed by atoms with Gasteiger partial charge in [-0.25, -0.2) is 0 Å². The summed E-state index contributed by atoms with van der Waals surface area (Å²) in [5.41, 5.74) is -1.60. The van der Waals surface area contributed by atoms with Gasteiger partial charge in [0.1, 0.15) is 0 Å². The lowest BCUT2D eigenvalue weighted by Gasteiger charge is -1.95. The highest BCUT2D eigenvalue weighted by Gasteiger charge is 2.27. The average Bonchev–Trinajstić information content (AvgIpc) is 2.02. The molecule has 0 aliphatic carbocycles. The molecule has 0 amide bonds. The molecule has 76 valence electrons. The van der Waals surface area contributed by atoms with E-state index in [-0.39, 0.29) is 7.43 Å². The van der Waals surface area contributed by atoms with Crippen LogP contribution in [0.4, 0.5) is 11.4 Å². The largest absolute Gasteiger partial charge is 0.502 e. The van der Waals surface area contributed by atoms with Crippen LogP contribution in [0.5, 0.6) is 5.75 Å². The fourth-order valence-corrected chi connectivity index (χ4v) is 0.854. The fourth-order valence-electron chi connectivity index (χ4n) is 0.854. The number of nitrogens with zero attached hydrogens (tertiary/aromatic N) is 2.